The van der Waals surface area contributed by atoms with Crippen molar-refractivity contribution in [2.45, 2.75) is 17.7 Å². The third kappa shape index (κ3) is 3.19. The first kappa shape index (κ1) is 15.4. The van der Waals surface area contributed by atoms with Crippen LogP contribution in [0, 0.1) is 16.0 Å². The Morgan fingerprint density at radius 1 is 1.24 bits per heavy atom. The molecule has 1 aromatic carbocycles. The van der Waals surface area contributed by atoms with Crippen LogP contribution in [0.3, 0.4) is 0 Å². The van der Waals surface area contributed by atoms with Gasteiger partial charge in [0.05, 0.1) is 15.7 Å². The molecule has 1 aliphatic rings. The number of nitro groups is 1. The number of carboxylic acids is 1. The SMILES string of the molecule is O=C(O)C1CCN(S(=O)(=O)c2ccc([N+](=O)[O-])cc2)CC1. The summed E-state index contributed by atoms with van der Waals surface area (Å²) in [6, 6.07) is 4.65. The molecule has 114 valence electrons. The average Bonchev–Trinajstić information content (AvgIpc) is 2.47. The Hall–Kier alpha value is -2.00. The van der Waals surface area contributed by atoms with Crippen LogP contribution in [0.2, 0.25) is 0 Å². The number of rotatable bonds is 4. The summed E-state index contributed by atoms with van der Waals surface area (Å²) in [5, 5.41) is 19.4. The predicted molar refractivity (Wildman–Crippen MR) is 72.2 cm³/mol. The van der Waals surface area contributed by atoms with Crippen molar-refractivity contribution in [1.29, 1.82) is 0 Å². The maximum absolute atomic E-state index is 12.4. The number of carbonyl (C=O) groups is 1. The molecule has 0 saturated carbocycles. The second kappa shape index (κ2) is 5.78. The van der Waals surface area contributed by atoms with Gasteiger partial charge in [-0.25, -0.2) is 8.42 Å². The summed E-state index contributed by atoms with van der Waals surface area (Å²) in [4.78, 5) is 20.8. The van der Waals surface area contributed by atoms with Gasteiger partial charge in [0.2, 0.25) is 10.0 Å². The Morgan fingerprint density at radius 2 is 1.76 bits per heavy atom. The summed E-state index contributed by atoms with van der Waals surface area (Å²) < 4.78 is 25.9. The van der Waals surface area contributed by atoms with Gasteiger partial charge in [0.25, 0.3) is 5.69 Å². The molecule has 1 heterocycles. The highest BCUT2D eigenvalue weighted by Crippen LogP contribution is 2.25. The van der Waals surface area contributed by atoms with Crippen LogP contribution in [0.25, 0.3) is 0 Å². The molecule has 1 N–H and O–H groups in total. The summed E-state index contributed by atoms with van der Waals surface area (Å²) in [7, 11) is -3.74. The fourth-order valence-corrected chi connectivity index (χ4v) is 3.70. The van der Waals surface area contributed by atoms with E-state index in [0.717, 1.165) is 12.1 Å². The average molecular weight is 314 g/mol. The van der Waals surface area contributed by atoms with E-state index in [4.69, 9.17) is 5.11 Å². The molecule has 0 spiro atoms. The van der Waals surface area contributed by atoms with Crippen LogP contribution in [0.5, 0.6) is 0 Å². The van der Waals surface area contributed by atoms with E-state index in [1.54, 1.807) is 0 Å². The number of hydrogen-bond acceptors (Lipinski definition) is 5. The molecule has 1 aromatic rings. The zero-order chi connectivity index (χ0) is 15.6. The van der Waals surface area contributed by atoms with Crippen molar-refractivity contribution in [1.82, 2.24) is 4.31 Å². The van der Waals surface area contributed by atoms with Gasteiger partial charge in [-0.2, -0.15) is 4.31 Å². The van der Waals surface area contributed by atoms with Crippen LogP contribution in [0.1, 0.15) is 12.8 Å². The van der Waals surface area contributed by atoms with Gasteiger partial charge in [-0.15, -0.1) is 0 Å². The van der Waals surface area contributed by atoms with Gasteiger partial charge in [-0.05, 0) is 25.0 Å². The van der Waals surface area contributed by atoms with Crippen molar-refractivity contribution in [2.24, 2.45) is 5.92 Å². The van der Waals surface area contributed by atoms with Gasteiger partial charge >= 0.3 is 5.97 Å². The number of nitrogens with zero attached hydrogens (tertiary/aromatic N) is 2. The lowest BCUT2D eigenvalue weighted by atomic mass is 9.99. The highest BCUT2D eigenvalue weighted by atomic mass is 32.2. The van der Waals surface area contributed by atoms with Crippen LogP contribution < -0.4 is 0 Å². The predicted octanol–water partition coefficient (Wildman–Crippen LogP) is 1.08. The smallest absolute Gasteiger partial charge is 0.306 e. The number of piperidine rings is 1. The largest absolute Gasteiger partial charge is 0.481 e. The Balaban J connectivity index is 2.15. The standard InChI is InChI=1S/C12H14N2O6S/c15-12(16)9-5-7-13(8-6-9)21(19,20)11-3-1-10(2-4-11)14(17)18/h1-4,9H,5-8H2,(H,15,16). The van der Waals surface area contributed by atoms with E-state index in [9.17, 15) is 23.3 Å². The molecular formula is C12H14N2O6S. The third-order valence-corrected chi connectivity index (χ3v) is 5.40. The first-order chi connectivity index (χ1) is 9.82. The molecule has 0 bridgehead atoms. The number of benzene rings is 1. The summed E-state index contributed by atoms with van der Waals surface area (Å²) in [6.45, 7) is 0.270. The molecule has 21 heavy (non-hydrogen) atoms. The van der Waals surface area contributed by atoms with Crippen molar-refractivity contribution in [3.63, 3.8) is 0 Å². The summed E-state index contributed by atoms with van der Waals surface area (Å²) in [5.74, 6) is -1.43. The first-order valence-corrected chi connectivity index (χ1v) is 7.74. The zero-order valence-electron chi connectivity index (χ0n) is 11.0. The maximum Gasteiger partial charge on any atom is 0.306 e. The van der Waals surface area contributed by atoms with Crippen molar-refractivity contribution in [3.8, 4) is 0 Å². The van der Waals surface area contributed by atoms with Crippen LogP contribution in [-0.2, 0) is 14.8 Å². The van der Waals surface area contributed by atoms with Crippen molar-refractivity contribution in [3.05, 3.63) is 34.4 Å². The number of aliphatic carboxylic acids is 1. The highest BCUT2D eigenvalue weighted by molar-refractivity contribution is 7.89. The van der Waals surface area contributed by atoms with Crippen LogP contribution >= 0.6 is 0 Å². The second-order valence-electron chi connectivity index (χ2n) is 4.77. The molecule has 0 aliphatic carbocycles. The third-order valence-electron chi connectivity index (χ3n) is 3.49. The van der Waals surface area contributed by atoms with Crippen molar-refractivity contribution >= 4 is 21.7 Å². The highest BCUT2D eigenvalue weighted by Gasteiger charge is 2.32. The van der Waals surface area contributed by atoms with E-state index in [-0.39, 0.29) is 36.5 Å². The molecule has 0 unspecified atom stereocenters. The Morgan fingerprint density at radius 3 is 2.19 bits per heavy atom. The zero-order valence-corrected chi connectivity index (χ0v) is 11.8. The lowest BCUT2D eigenvalue weighted by Crippen LogP contribution is -2.40. The molecule has 1 aliphatic heterocycles. The van der Waals surface area contributed by atoms with E-state index in [1.165, 1.54) is 16.4 Å². The Labute approximate surface area is 121 Å². The van der Waals surface area contributed by atoms with E-state index >= 15 is 0 Å². The summed E-state index contributed by atoms with van der Waals surface area (Å²) in [5.41, 5.74) is -0.182. The van der Waals surface area contributed by atoms with Gasteiger partial charge in [0.1, 0.15) is 0 Å². The molecule has 0 aromatic heterocycles. The van der Waals surface area contributed by atoms with Gasteiger partial charge in [-0.3, -0.25) is 14.9 Å². The van der Waals surface area contributed by atoms with E-state index < -0.39 is 26.8 Å². The van der Waals surface area contributed by atoms with Gasteiger partial charge in [0, 0.05) is 25.2 Å². The molecule has 1 saturated heterocycles. The molecule has 9 heteroatoms. The molecule has 2 rings (SSSR count). The fourth-order valence-electron chi connectivity index (χ4n) is 2.23. The first-order valence-electron chi connectivity index (χ1n) is 6.30. The normalized spacial score (nSPS) is 17.5. The minimum atomic E-state index is -3.74. The topological polar surface area (TPSA) is 118 Å². The Bertz CT molecular complexity index is 647. The molecule has 1 fully saturated rings. The molecule has 0 amide bonds. The fraction of sp³-hybridized carbons (Fsp3) is 0.417. The number of nitro benzene ring substituents is 1. The lowest BCUT2D eigenvalue weighted by molar-refractivity contribution is -0.384. The number of carboxylic acid groups (broad SMARTS) is 1. The van der Waals surface area contributed by atoms with Crippen LogP contribution in [0.4, 0.5) is 5.69 Å². The summed E-state index contributed by atoms with van der Waals surface area (Å²) in [6.07, 6.45) is 0.531. The monoisotopic (exact) mass is 314 g/mol. The van der Waals surface area contributed by atoms with E-state index in [0.29, 0.717) is 0 Å². The van der Waals surface area contributed by atoms with Crippen LogP contribution in [-0.4, -0.2) is 41.8 Å². The van der Waals surface area contributed by atoms with E-state index in [2.05, 4.69) is 0 Å². The van der Waals surface area contributed by atoms with Gasteiger partial charge in [-0.1, -0.05) is 0 Å². The lowest BCUT2D eigenvalue weighted by Gasteiger charge is -2.29. The van der Waals surface area contributed by atoms with Crippen LogP contribution in [0.15, 0.2) is 29.2 Å². The second-order valence-corrected chi connectivity index (χ2v) is 6.71. The van der Waals surface area contributed by atoms with Crippen molar-refractivity contribution in [2.75, 3.05) is 13.1 Å². The molecule has 0 radical (unpaired) electrons. The maximum atomic E-state index is 12.4. The minimum Gasteiger partial charge on any atom is -0.481 e. The Kier molecular flexibility index (Phi) is 4.24. The molecule has 0 atom stereocenters. The van der Waals surface area contributed by atoms with Gasteiger partial charge in [0.15, 0.2) is 0 Å². The van der Waals surface area contributed by atoms with Crippen molar-refractivity contribution < 1.29 is 23.2 Å². The number of non-ortho nitro benzene ring substituents is 1. The number of hydrogen-bond donors (Lipinski definition) is 1. The number of sulfonamides is 1. The minimum absolute atomic E-state index is 0.0260. The quantitative estimate of drug-likeness (QED) is 0.656. The van der Waals surface area contributed by atoms with Gasteiger partial charge < -0.3 is 5.11 Å². The molecule has 8 nitrogen and oxygen atoms in total. The molecular weight excluding hydrogens is 300 g/mol. The summed E-state index contributed by atoms with van der Waals surface area (Å²) >= 11 is 0. The van der Waals surface area contributed by atoms with E-state index in [1.807, 2.05) is 0 Å².